The molecule has 0 aliphatic carbocycles. The van der Waals surface area contributed by atoms with Crippen molar-refractivity contribution in [2.45, 2.75) is 13.8 Å². The lowest BCUT2D eigenvalue weighted by Gasteiger charge is -2.20. The van der Waals surface area contributed by atoms with Gasteiger partial charge in [0.2, 0.25) is 0 Å². The van der Waals surface area contributed by atoms with Gasteiger partial charge in [-0.25, -0.2) is 0 Å². The van der Waals surface area contributed by atoms with Crippen molar-refractivity contribution >= 4 is 6.29 Å². The topological polar surface area (TPSA) is 20.3 Å². The molecule has 1 heterocycles. The highest BCUT2D eigenvalue weighted by atomic mass is 16.1. The summed E-state index contributed by atoms with van der Waals surface area (Å²) in [4.78, 5) is 12.7. The molecule has 0 amide bonds. The quantitative estimate of drug-likeness (QED) is 0.503. The minimum Gasteiger partial charge on any atom is -0.305 e. The van der Waals surface area contributed by atoms with Crippen molar-refractivity contribution in [2.75, 3.05) is 20.1 Å². The summed E-state index contributed by atoms with van der Waals surface area (Å²) >= 11 is 0. The van der Waals surface area contributed by atoms with E-state index in [0.717, 1.165) is 19.4 Å². The van der Waals surface area contributed by atoms with Gasteiger partial charge in [0.1, 0.15) is 6.29 Å². The number of nitrogens with zero attached hydrogens (tertiary/aromatic N) is 1. The summed E-state index contributed by atoms with van der Waals surface area (Å²) in [7, 11) is 2.06. The number of likely N-dealkylation sites (tertiary alicyclic amines) is 1. The molecule has 1 aliphatic heterocycles. The maximum absolute atomic E-state index is 10.5. The molecule has 0 spiro atoms. The van der Waals surface area contributed by atoms with Gasteiger partial charge < -0.3 is 9.69 Å². The smallest absolute Gasteiger partial charge is 0.124 e. The molecule has 1 fully saturated rings. The van der Waals surface area contributed by atoms with Gasteiger partial charge in [-0.1, -0.05) is 13.8 Å². The Kier molecular flexibility index (Phi) is 1.82. The third-order valence-corrected chi connectivity index (χ3v) is 2.35. The average molecular weight is 141 g/mol. The molecule has 0 aromatic heterocycles. The van der Waals surface area contributed by atoms with Crippen molar-refractivity contribution in [2.24, 2.45) is 11.3 Å². The zero-order valence-corrected chi connectivity index (χ0v) is 6.92. The van der Waals surface area contributed by atoms with Gasteiger partial charge in [-0.3, -0.25) is 0 Å². The van der Waals surface area contributed by atoms with E-state index in [2.05, 4.69) is 25.8 Å². The molecule has 0 radical (unpaired) electrons. The van der Waals surface area contributed by atoms with E-state index in [1.165, 1.54) is 0 Å². The number of carbonyl (C=O) groups excluding carboxylic acids is 1. The first kappa shape index (κ1) is 7.73. The Morgan fingerprint density at radius 3 is 2.40 bits per heavy atom. The van der Waals surface area contributed by atoms with Gasteiger partial charge in [0.15, 0.2) is 0 Å². The monoisotopic (exact) mass is 141 g/mol. The van der Waals surface area contributed by atoms with Crippen LogP contribution in [0.4, 0.5) is 0 Å². The van der Waals surface area contributed by atoms with Gasteiger partial charge >= 0.3 is 0 Å². The SMILES string of the molecule is CN1C[C@H](C=O)C(C)(C)C1. The maximum Gasteiger partial charge on any atom is 0.124 e. The minimum atomic E-state index is 0.191. The molecule has 0 saturated carbocycles. The first-order valence-corrected chi connectivity index (χ1v) is 3.70. The molecule has 58 valence electrons. The van der Waals surface area contributed by atoms with E-state index < -0.39 is 0 Å². The van der Waals surface area contributed by atoms with Crippen molar-refractivity contribution in [3.8, 4) is 0 Å². The highest BCUT2D eigenvalue weighted by Gasteiger charge is 2.37. The van der Waals surface area contributed by atoms with Crippen LogP contribution in [0.3, 0.4) is 0 Å². The fraction of sp³-hybridized carbons (Fsp3) is 0.875. The molecular formula is C8H15NO. The second kappa shape index (κ2) is 2.35. The largest absolute Gasteiger partial charge is 0.305 e. The van der Waals surface area contributed by atoms with Crippen LogP contribution in [0.1, 0.15) is 13.8 Å². The molecular weight excluding hydrogens is 126 g/mol. The van der Waals surface area contributed by atoms with E-state index in [1.807, 2.05) is 0 Å². The molecule has 2 heteroatoms. The Morgan fingerprint density at radius 1 is 1.60 bits per heavy atom. The van der Waals surface area contributed by atoms with Crippen molar-refractivity contribution in [3.05, 3.63) is 0 Å². The summed E-state index contributed by atoms with van der Waals surface area (Å²) in [5.41, 5.74) is 0.191. The summed E-state index contributed by atoms with van der Waals surface area (Å²) < 4.78 is 0. The Hall–Kier alpha value is -0.370. The zero-order valence-electron chi connectivity index (χ0n) is 6.92. The first-order chi connectivity index (χ1) is 4.56. The lowest BCUT2D eigenvalue weighted by atomic mass is 9.83. The molecule has 10 heavy (non-hydrogen) atoms. The van der Waals surface area contributed by atoms with Crippen LogP contribution >= 0.6 is 0 Å². The molecule has 1 saturated heterocycles. The normalized spacial score (nSPS) is 32.5. The van der Waals surface area contributed by atoms with Gasteiger partial charge in [-0.05, 0) is 12.5 Å². The highest BCUT2D eigenvalue weighted by molar-refractivity contribution is 5.56. The van der Waals surface area contributed by atoms with E-state index >= 15 is 0 Å². The predicted octanol–water partition coefficient (Wildman–Crippen LogP) is 0.773. The average Bonchev–Trinajstić information content (AvgIpc) is 2.04. The van der Waals surface area contributed by atoms with Crippen LogP contribution in [0.5, 0.6) is 0 Å². The summed E-state index contributed by atoms with van der Waals surface area (Å²) in [5.74, 6) is 0.234. The number of hydrogen-bond donors (Lipinski definition) is 0. The van der Waals surface area contributed by atoms with Gasteiger partial charge in [0, 0.05) is 19.0 Å². The highest BCUT2D eigenvalue weighted by Crippen LogP contribution is 2.32. The van der Waals surface area contributed by atoms with Crippen LogP contribution in [0.25, 0.3) is 0 Å². The Balaban J connectivity index is 2.67. The summed E-state index contributed by atoms with van der Waals surface area (Å²) in [5, 5.41) is 0. The summed E-state index contributed by atoms with van der Waals surface area (Å²) in [6.07, 6.45) is 1.09. The van der Waals surface area contributed by atoms with Crippen molar-refractivity contribution in [1.29, 1.82) is 0 Å². The molecule has 2 nitrogen and oxygen atoms in total. The van der Waals surface area contributed by atoms with Gasteiger partial charge in [0.25, 0.3) is 0 Å². The number of aldehydes is 1. The molecule has 0 aromatic rings. The molecule has 1 rings (SSSR count). The number of rotatable bonds is 1. The fourth-order valence-electron chi connectivity index (χ4n) is 1.69. The van der Waals surface area contributed by atoms with Crippen LogP contribution in [0.2, 0.25) is 0 Å². The lowest BCUT2D eigenvalue weighted by molar-refractivity contribution is -0.112. The van der Waals surface area contributed by atoms with E-state index in [-0.39, 0.29) is 11.3 Å². The van der Waals surface area contributed by atoms with E-state index in [9.17, 15) is 4.79 Å². The van der Waals surface area contributed by atoms with E-state index in [4.69, 9.17) is 0 Å². The molecule has 0 unspecified atom stereocenters. The van der Waals surface area contributed by atoms with Gasteiger partial charge in [-0.15, -0.1) is 0 Å². The fourth-order valence-corrected chi connectivity index (χ4v) is 1.69. The van der Waals surface area contributed by atoms with E-state index in [1.54, 1.807) is 0 Å². The molecule has 1 aliphatic rings. The van der Waals surface area contributed by atoms with Crippen LogP contribution in [-0.2, 0) is 4.79 Å². The molecule has 0 N–H and O–H groups in total. The summed E-state index contributed by atoms with van der Waals surface area (Å²) in [6, 6.07) is 0. The first-order valence-electron chi connectivity index (χ1n) is 3.70. The van der Waals surface area contributed by atoms with Crippen LogP contribution in [0, 0.1) is 11.3 Å². The second-order valence-corrected chi connectivity index (χ2v) is 3.93. The predicted molar refractivity (Wildman–Crippen MR) is 40.8 cm³/mol. The molecule has 0 aromatic carbocycles. The van der Waals surface area contributed by atoms with Crippen molar-refractivity contribution < 1.29 is 4.79 Å². The molecule has 0 bridgehead atoms. The Labute approximate surface area is 62.2 Å². The number of carbonyl (C=O) groups is 1. The lowest BCUT2D eigenvalue weighted by Crippen LogP contribution is -2.23. The van der Waals surface area contributed by atoms with Crippen LogP contribution < -0.4 is 0 Å². The zero-order chi connectivity index (χ0) is 7.78. The van der Waals surface area contributed by atoms with Gasteiger partial charge in [-0.2, -0.15) is 0 Å². The standard InChI is InChI=1S/C8H15NO/c1-8(2)6-9(3)4-7(8)5-10/h5,7H,4,6H2,1-3H3/t7-/m1/s1. The second-order valence-electron chi connectivity index (χ2n) is 3.93. The molecule has 1 atom stereocenters. The Bertz CT molecular complexity index is 142. The van der Waals surface area contributed by atoms with Crippen molar-refractivity contribution in [3.63, 3.8) is 0 Å². The van der Waals surface area contributed by atoms with Crippen LogP contribution in [-0.4, -0.2) is 31.3 Å². The Morgan fingerprint density at radius 2 is 2.20 bits per heavy atom. The third kappa shape index (κ3) is 1.21. The minimum absolute atomic E-state index is 0.191. The van der Waals surface area contributed by atoms with Crippen molar-refractivity contribution in [1.82, 2.24) is 4.90 Å². The van der Waals surface area contributed by atoms with E-state index in [0.29, 0.717) is 0 Å². The van der Waals surface area contributed by atoms with Gasteiger partial charge in [0.05, 0.1) is 0 Å². The maximum atomic E-state index is 10.5. The third-order valence-electron chi connectivity index (χ3n) is 2.35. The summed E-state index contributed by atoms with van der Waals surface area (Å²) in [6.45, 7) is 6.26. The number of hydrogen-bond acceptors (Lipinski definition) is 2. The van der Waals surface area contributed by atoms with Crippen LogP contribution in [0.15, 0.2) is 0 Å².